The number of anilines is 1. The van der Waals surface area contributed by atoms with Crippen LogP contribution in [0.2, 0.25) is 0 Å². The molecule has 0 aliphatic carbocycles. The van der Waals surface area contributed by atoms with Crippen LogP contribution in [0.25, 0.3) is 0 Å². The Morgan fingerprint density at radius 2 is 2.20 bits per heavy atom. The van der Waals surface area contributed by atoms with Crippen molar-refractivity contribution in [3.05, 3.63) is 24.0 Å². The Labute approximate surface area is 115 Å². The van der Waals surface area contributed by atoms with E-state index in [-0.39, 0.29) is 29.0 Å². The number of guanidine groups is 1. The standard InChI is InChI=1S/C11H13FN4O3S/c1-7(17)13-4-5-14-11-15-9-3-2-8(12)6-10(9)20(18,19)16-11/h2-3,6H,4-5H2,1H3,(H,13,17)(H2,14,15,16). The predicted molar refractivity (Wildman–Crippen MR) is 71.3 cm³/mol. The molecular formula is C11H13FN4O3S. The second-order valence-corrected chi connectivity index (χ2v) is 5.74. The number of rotatable bonds is 3. The monoisotopic (exact) mass is 300 g/mol. The molecule has 108 valence electrons. The van der Waals surface area contributed by atoms with Crippen molar-refractivity contribution >= 4 is 27.6 Å². The molecule has 0 aromatic heterocycles. The molecule has 0 radical (unpaired) electrons. The van der Waals surface area contributed by atoms with Gasteiger partial charge in [-0.05, 0) is 18.2 Å². The summed E-state index contributed by atoms with van der Waals surface area (Å²) in [5.41, 5.74) is 0.253. The molecule has 1 aromatic carbocycles. The zero-order valence-corrected chi connectivity index (χ0v) is 11.4. The van der Waals surface area contributed by atoms with E-state index in [0.29, 0.717) is 6.54 Å². The van der Waals surface area contributed by atoms with E-state index < -0.39 is 15.8 Å². The third kappa shape index (κ3) is 3.23. The lowest BCUT2D eigenvalue weighted by Gasteiger charge is -2.21. The molecule has 0 unspecified atom stereocenters. The maximum Gasteiger partial charge on any atom is 0.266 e. The number of sulfonamides is 1. The summed E-state index contributed by atoms with van der Waals surface area (Å²) in [5, 5.41) is 5.28. The van der Waals surface area contributed by atoms with Gasteiger partial charge in [-0.15, -0.1) is 0 Å². The van der Waals surface area contributed by atoms with Crippen molar-refractivity contribution < 1.29 is 17.6 Å². The van der Waals surface area contributed by atoms with Gasteiger partial charge in [-0.1, -0.05) is 0 Å². The smallest absolute Gasteiger partial charge is 0.266 e. The average Bonchev–Trinajstić information content (AvgIpc) is 2.35. The third-order valence-corrected chi connectivity index (χ3v) is 3.85. The first kappa shape index (κ1) is 14.3. The van der Waals surface area contributed by atoms with Crippen LogP contribution in [0.1, 0.15) is 6.92 Å². The number of halogens is 1. The van der Waals surface area contributed by atoms with Gasteiger partial charge in [0.2, 0.25) is 11.9 Å². The summed E-state index contributed by atoms with van der Waals surface area (Å²) in [4.78, 5) is 14.5. The van der Waals surface area contributed by atoms with Crippen molar-refractivity contribution in [3.8, 4) is 0 Å². The number of benzene rings is 1. The molecule has 0 fully saturated rings. The molecule has 20 heavy (non-hydrogen) atoms. The van der Waals surface area contributed by atoms with Gasteiger partial charge in [0.25, 0.3) is 10.0 Å². The van der Waals surface area contributed by atoms with Gasteiger partial charge in [0, 0.05) is 13.5 Å². The Balaban J connectivity index is 2.16. The summed E-state index contributed by atoms with van der Waals surface area (Å²) in [7, 11) is -3.84. The van der Waals surface area contributed by atoms with Gasteiger partial charge in [-0.25, -0.2) is 17.5 Å². The molecule has 0 atom stereocenters. The topological polar surface area (TPSA) is 99.7 Å². The maximum atomic E-state index is 13.1. The van der Waals surface area contributed by atoms with Crippen LogP contribution in [-0.4, -0.2) is 33.4 Å². The Hall–Kier alpha value is -2.16. The van der Waals surface area contributed by atoms with Crippen LogP contribution in [0.15, 0.2) is 28.1 Å². The van der Waals surface area contributed by atoms with Gasteiger partial charge in [-0.3, -0.25) is 9.79 Å². The molecule has 2 rings (SSSR count). The summed E-state index contributed by atoms with van der Waals surface area (Å²) >= 11 is 0. The number of nitrogens with zero attached hydrogens (tertiary/aromatic N) is 1. The van der Waals surface area contributed by atoms with E-state index in [2.05, 4.69) is 20.3 Å². The number of carbonyl (C=O) groups excluding carboxylic acids is 1. The summed E-state index contributed by atoms with van der Waals surface area (Å²) < 4.78 is 39.1. The van der Waals surface area contributed by atoms with E-state index in [1.165, 1.54) is 13.0 Å². The highest BCUT2D eigenvalue weighted by atomic mass is 32.2. The minimum Gasteiger partial charge on any atom is -0.354 e. The zero-order chi connectivity index (χ0) is 14.8. The van der Waals surface area contributed by atoms with Crippen molar-refractivity contribution in [2.45, 2.75) is 11.8 Å². The minimum atomic E-state index is -3.84. The van der Waals surface area contributed by atoms with E-state index in [9.17, 15) is 17.6 Å². The first-order valence-corrected chi connectivity index (χ1v) is 7.25. The molecule has 0 bridgehead atoms. The van der Waals surface area contributed by atoms with Gasteiger partial charge in [0.1, 0.15) is 10.7 Å². The molecule has 1 heterocycles. The molecule has 0 saturated carbocycles. The van der Waals surface area contributed by atoms with Gasteiger partial charge < -0.3 is 10.6 Å². The van der Waals surface area contributed by atoms with Crippen LogP contribution in [0, 0.1) is 5.82 Å². The first-order valence-electron chi connectivity index (χ1n) is 5.77. The second kappa shape index (κ2) is 5.45. The highest BCUT2D eigenvalue weighted by Gasteiger charge is 2.26. The molecule has 0 saturated heterocycles. The fourth-order valence-electron chi connectivity index (χ4n) is 1.63. The van der Waals surface area contributed by atoms with Gasteiger partial charge >= 0.3 is 0 Å². The first-order chi connectivity index (χ1) is 9.38. The van der Waals surface area contributed by atoms with Crippen molar-refractivity contribution in [1.29, 1.82) is 0 Å². The van der Waals surface area contributed by atoms with Gasteiger partial charge in [0.15, 0.2) is 0 Å². The van der Waals surface area contributed by atoms with Gasteiger partial charge in [0.05, 0.1) is 12.2 Å². The molecule has 1 aromatic rings. The normalized spacial score (nSPS) is 17.8. The Kier molecular flexibility index (Phi) is 3.89. The van der Waals surface area contributed by atoms with Crippen molar-refractivity contribution in [2.75, 3.05) is 18.4 Å². The lowest BCUT2D eigenvalue weighted by Crippen LogP contribution is -2.41. The van der Waals surface area contributed by atoms with E-state index in [0.717, 1.165) is 12.1 Å². The quantitative estimate of drug-likeness (QED) is 0.685. The molecular weight excluding hydrogens is 287 g/mol. The highest BCUT2D eigenvalue weighted by molar-refractivity contribution is 7.90. The molecule has 3 N–H and O–H groups in total. The molecule has 9 heteroatoms. The maximum absolute atomic E-state index is 13.1. The largest absolute Gasteiger partial charge is 0.354 e. The Morgan fingerprint density at radius 3 is 2.90 bits per heavy atom. The molecule has 1 amide bonds. The number of carbonyl (C=O) groups is 1. The number of aliphatic imine (C=N–C) groups is 1. The number of amides is 1. The lowest BCUT2D eigenvalue weighted by molar-refractivity contribution is -0.118. The second-order valence-electron chi connectivity index (χ2n) is 4.08. The lowest BCUT2D eigenvalue weighted by atomic mass is 10.3. The molecule has 7 nitrogen and oxygen atoms in total. The molecule has 0 spiro atoms. The van der Waals surface area contributed by atoms with E-state index in [1.54, 1.807) is 0 Å². The minimum absolute atomic E-state index is 0.0365. The highest BCUT2D eigenvalue weighted by Crippen LogP contribution is 2.25. The van der Waals surface area contributed by atoms with Crippen LogP contribution in [0.3, 0.4) is 0 Å². The SMILES string of the molecule is CC(=O)NCCN=C1Nc2ccc(F)cc2S(=O)(=O)N1. The molecule has 1 aliphatic rings. The summed E-state index contributed by atoms with van der Waals surface area (Å²) in [5.74, 6) is -0.792. The van der Waals surface area contributed by atoms with E-state index in [4.69, 9.17) is 0 Å². The Morgan fingerprint density at radius 1 is 1.45 bits per heavy atom. The number of fused-ring (bicyclic) bond motifs is 1. The van der Waals surface area contributed by atoms with Crippen molar-refractivity contribution in [3.63, 3.8) is 0 Å². The summed E-state index contributed by atoms with van der Waals surface area (Å²) in [6, 6.07) is 3.41. The van der Waals surface area contributed by atoms with E-state index >= 15 is 0 Å². The van der Waals surface area contributed by atoms with Crippen LogP contribution >= 0.6 is 0 Å². The fourth-order valence-corrected chi connectivity index (χ4v) is 2.78. The average molecular weight is 300 g/mol. The van der Waals surface area contributed by atoms with Crippen LogP contribution in [-0.2, 0) is 14.8 Å². The summed E-state index contributed by atoms with van der Waals surface area (Å²) in [6.45, 7) is 1.87. The van der Waals surface area contributed by atoms with Crippen molar-refractivity contribution in [1.82, 2.24) is 10.0 Å². The van der Waals surface area contributed by atoms with Crippen LogP contribution in [0.5, 0.6) is 0 Å². The van der Waals surface area contributed by atoms with Gasteiger partial charge in [-0.2, -0.15) is 0 Å². The molecule has 1 aliphatic heterocycles. The number of hydrogen-bond donors (Lipinski definition) is 3. The number of nitrogens with one attached hydrogen (secondary N) is 3. The Bertz CT molecular complexity index is 672. The van der Waals surface area contributed by atoms with Crippen LogP contribution < -0.4 is 15.4 Å². The predicted octanol–water partition coefficient (Wildman–Crippen LogP) is 0.0216. The van der Waals surface area contributed by atoms with Crippen molar-refractivity contribution in [2.24, 2.45) is 4.99 Å². The third-order valence-electron chi connectivity index (χ3n) is 2.47. The summed E-state index contributed by atoms with van der Waals surface area (Å²) in [6.07, 6.45) is 0. The number of hydrogen-bond acceptors (Lipinski definition) is 4. The fraction of sp³-hybridized carbons (Fsp3) is 0.273. The van der Waals surface area contributed by atoms with E-state index in [1.807, 2.05) is 0 Å². The zero-order valence-electron chi connectivity index (χ0n) is 10.6. The van der Waals surface area contributed by atoms with Crippen LogP contribution in [0.4, 0.5) is 10.1 Å².